The lowest BCUT2D eigenvalue weighted by atomic mass is 10.2. The third kappa shape index (κ3) is 3.98. The van der Waals surface area contributed by atoms with E-state index >= 15 is 0 Å². The van der Waals surface area contributed by atoms with Crippen molar-refractivity contribution in [3.63, 3.8) is 0 Å². The van der Waals surface area contributed by atoms with Crippen LogP contribution in [0.4, 0.5) is 5.82 Å². The summed E-state index contributed by atoms with van der Waals surface area (Å²) in [7, 11) is -0.871. The molecule has 5 nitrogen and oxygen atoms in total. The number of carboxylic acids is 1. The Morgan fingerprint density at radius 1 is 1.65 bits per heavy atom. The fourth-order valence-corrected chi connectivity index (χ4v) is 2.04. The number of carbonyl (C=O) groups is 1. The molecule has 1 rings (SSSR count). The topological polar surface area (TPSA) is 79.3 Å². The monoisotopic (exact) mass is 276 g/mol. The van der Waals surface area contributed by atoms with Gasteiger partial charge in [0.25, 0.3) is 0 Å². The van der Waals surface area contributed by atoms with E-state index in [1.807, 2.05) is 6.92 Å². The molecule has 0 saturated carbocycles. The SMILES string of the molecule is CCS(=O)CCNc1nccc(C(=O)O)c1Cl. The van der Waals surface area contributed by atoms with Crippen molar-refractivity contribution < 1.29 is 14.1 Å². The van der Waals surface area contributed by atoms with Gasteiger partial charge in [0.05, 0.1) is 10.6 Å². The van der Waals surface area contributed by atoms with Crippen molar-refractivity contribution in [1.82, 2.24) is 4.98 Å². The molecule has 0 radical (unpaired) electrons. The summed E-state index contributed by atoms with van der Waals surface area (Å²) in [5.41, 5.74) is 0.000723. The molecule has 17 heavy (non-hydrogen) atoms. The molecule has 0 saturated heterocycles. The molecule has 1 aromatic rings. The Balaban J connectivity index is 2.69. The Morgan fingerprint density at radius 3 is 2.94 bits per heavy atom. The Hall–Kier alpha value is -1.14. The Bertz CT molecular complexity index is 440. The number of aromatic nitrogens is 1. The number of nitrogens with zero attached hydrogens (tertiary/aromatic N) is 1. The minimum atomic E-state index is -1.10. The molecule has 94 valence electrons. The summed E-state index contributed by atoms with van der Waals surface area (Å²) in [5, 5.41) is 11.8. The zero-order valence-corrected chi connectivity index (χ0v) is 10.8. The fourth-order valence-electron chi connectivity index (χ4n) is 1.16. The quantitative estimate of drug-likeness (QED) is 0.825. The molecular formula is C10H13ClN2O3S. The summed E-state index contributed by atoms with van der Waals surface area (Å²) in [5.74, 6) is 0.279. The van der Waals surface area contributed by atoms with Crippen LogP contribution in [0.1, 0.15) is 17.3 Å². The van der Waals surface area contributed by atoms with E-state index in [1.54, 1.807) is 0 Å². The van der Waals surface area contributed by atoms with Crippen molar-refractivity contribution in [2.75, 3.05) is 23.4 Å². The van der Waals surface area contributed by atoms with Gasteiger partial charge in [-0.3, -0.25) is 4.21 Å². The second-order valence-corrected chi connectivity index (χ2v) is 5.43. The van der Waals surface area contributed by atoms with Gasteiger partial charge in [-0.1, -0.05) is 18.5 Å². The van der Waals surface area contributed by atoms with Gasteiger partial charge < -0.3 is 10.4 Å². The number of hydrogen-bond donors (Lipinski definition) is 2. The van der Waals surface area contributed by atoms with Crippen LogP contribution in [0.5, 0.6) is 0 Å². The number of pyridine rings is 1. The first-order chi connectivity index (χ1) is 8.06. The molecular weight excluding hydrogens is 264 g/mol. The third-order valence-corrected chi connectivity index (χ3v) is 3.75. The van der Waals surface area contributed by atoms with Gasteiger partial charge in [0, 0.05) is 35.0 Å². The summed E-state index contributed by atoms with van der Waals surface area (Å²) < 4.78 is 11.2. The van der Waals surface area contributed by atoms with Gasteiger partial charge in [0.15, 0.2) is 0 Å². The lowest BCUT2D eigenvalue weighted by molar-refractivity contribution is 0.0697. The largest absolute Gasteiger partial charge is 0.478 e. The van der Waals surface area contributed by atoms with Gasteiger partial charge in [-0.25, -0.2) is 9.78 Å². The highest BCUT2D eigenvalue weighted by molar-refractivity contribution is 7.84. The predicted octanol–water partition coefficient (Wildman–Crippen LogP) is 1.61. The van der Waals surface area contributed by atoms with Gasteiger partial charge in [-0.05, 0) is 6.07 Å². The molecule has 0 aromatic carbocycles. The van der Waals surface area contributed by atoms with Crippen molar-refractivity contribution >= 4 is 34.2 Å². The van der Waals surface area contributed by atoms with Gasteiger partial charge in [0.2, 0.25) is 0 Å². The highest BCUT2D eigenvalue weighted by atomic mass is 35.5. The summed E-state index contributed by atoms with van der Waals surface area (Å²) in [6.07, 6.45) is 1.37. The number of anilines is 1. The van der Waals surface area contributed by atoms with E-state index < -0.39 is 16.8 Å². The highest BCUT2D eigenvalue weighted by Crippen LogP contribution is 2.23. The molecule has 0 aliphatic rings. The first kappa shape index (κ1) is 13.9. The Morgan fingerprint density at radius 2 is 2.35 bits per heavy atom. The molecule has 0 fully saturated rings. The van der Waals surface area contributed by atoms with Gasteiger partial charge in [-0.15, -0.1) is 0 Å². The molecule has 0 bridgehead atoms. The smallest absolute Gasteiger partial charge is 0.337 e. The molecule has 1 atom stereocenters. The molecule has 7 heteroatoms. The number of aromatic carboxylic acids is 1. The van der Waals surface area contributed by atoms with E-state index in [0.717, 1.165) is 0 Å². The van der Waals surface area contributed by atoms with Crippen LogP contribution in [0.2, 0.25) is 5.02 Å². The van der Waals surface area contributed by atoms with Crippen molar-refractivity contribution in [2.45, 2.75) is 6.92 Å². The zero-order valence-electron chi connectivity index (χ0n) is 9.27. The van der Waals surface area contributed by atoms with Crippen LogP contribution in [-0.2, 0) is 10.8 Å². The summed E-state index contributed by atoms with van der Waals surface area (Å²) >= 11 is 5.87. The van der Waals surface area contributed by atoms with Gasteiger partial charge >= 0.3 is 5.97 Å². The summed E-state index contributed by atoms with van der Waals surface area (Å²) in [4.78, 5) is 14.8. The van der Waals surface area contributed by atoms with Crippen LogP contribution in [0.3, 0.4) is 0 Å². The van der Waals surface area contributed by atoms with Gasteiger partial charge in [0.1, 0.15) is 5.82 Å². The maximum Gasteiger partial charge on any atom is 0.337 e. The number of halogens is 1. The predicted molar refractivity (Wildman–Crippen MR) is 68.2 cm³/mol. The molecule has 1 unspecified atom stereocenters. The lowest BCUT2D eigenvalue weighted by Gasteiger charge is -2.08. The maximum atomic E-state index is 11.2. The van der Waals surface area contributed by atoms with Crippen molar-refractivity contribution in [2.24, 2.45) is 0 Å². The molecule has 0 aliphatic heterocycles. The standard InChI is InChI=1S/C10H13ClN2O3S/c1-2-17(16)6-5-13-9-8(11)7(10(14)15)3-4-12-9/h3-4H,2,5-6H2,1H3,(H,12,13)(H,14,15). The van der Waals surface area contributed by atoms with Crippen LogP contribution in [0.15, 0.2) is 12.3 Å². The lowest BCUT2D eigenvalue weighted by Crippen LogP contribution is -2.13. The Labute approximate surface area is 107 Å². The first-order valence-electron chi connectivity index (χ1n) is 5.03. The van der Waals surface area contributed by atoms with Gasteiger partial charge in [-0.2, -0.15) is 0 Å². The average molecular weight is 277 g/mol. The molecule has 2 N–H and O–H groups in total. The minimum Gasteiger partial charge on any atom is -0.478 e. The number of carboxylic acid groups (broad SMARTS) is 1. The Kier molecular flexibility index (Phi) is 5.37. The second-order valence-electron chi connectivity index (χ2n) is 3.19. The molecule has 0 aliphatic carbocycles. The summed E-state index contributed by atoms with van der Waals surface area (Å²) in [6.45, 7) is 2.28. The van der Waals surface area contributed by atoms with Crippen LogP contribution in [0.25, 0.3) is 0 Å². The minimum absolute atomic E-state index is 0.000723. The van der Waals surface area contributed by atoms with E-state index in [9.17, 15) is 9.00 Å². The van der Waals surface area contributed by atoms with E-state index in [1.165, 1.54) is 12.3 Å². The van der Waals surface area contributed by atoms with E-state index in [0.29, 0.717) is 23.9 Å². The van der Waals surface area contributed by atoms with Crippen LogP contribution in [-0.4, -0.2) is 38.3 Å². The van der Waals surface area contributed by atoms with E-state index in [2.05, 4.69) is 10.3 Å². The van der Waals surface area contributed by atoms with Crippen molar-refractivity contribution in [3.05, 3.63) is 22.8 Å². The number of nitrogens with one attached hydrogen (secondary N) is 1. The van der Waals surface area contributed by atoms with E-state index in [4.69, 9.17) is 16.7 Å². The normalized spacial score (nSPS) is 12.1. The van der Waals surface area contributed by atoms with Crippen molar-refractivity contribution in [3.8, 4) is 0 Å². The molecule has 1 heterocycles. The second kappa shape index (κ2) is 6.56. The fraction of sp³-hybridized carbons (Fsp3) is 0.400. The third-order valence-electron chi connectivity index (χ3n) is 2.06. The average Bonchev–Trinajstić information content (AvgIpc) is 2.30. The number of rotatable bonds is 6. The first-order valence-corrected chi connectivity index (χ1v) is 6.89. The summed E-state index contributed by atoms with van der Waals surface area (Å²) in [6, 6.07) is 1.33. The van der Waals surface area contributed by atoms with Crippen LogP contribution >= 0.6 is 11.6 Å². The van der Waals surface area contributed by atoms with Crippen LogP contribution < -0.4 is 5.32 Å². The van der Waals surface area contributed by atoms with Crippen LogP contribution in [0, 0.1) is 0 Å². The molecule has 0 spiro atoms. The molecule has 0 amide bonds. The molecule has 1 aromatic heterocycles. The highest BCUT2D eigenvalue weighted by Gasteiger charge is 2.12. The van der Waals surface area contributed by atoms with Crippen molar-refractivity contribution in [1.29, 1.82) is 0 Å². The van der Waals surface area contributed by atoms with E-state index in [-0.39, 0.29) is 10.6 Å². The number of hydrogen-bond acceptors (Lipinski definition) is 4. The maximum absolute atomic E-state index is 11.2. The zero-order chi connectivity index (χ0) is 12.8.